The van der Waals surface area contributed by atoms with Crippen molar-refractivity contribution in [2.75, 3.05) is 4.90 Å². The molecule has 1 aromatic heterocycles. The molecule has 0 atom stereocenters. The Hall–Kier alpha value is -5.96. The standard InChI is InChI=1S/C49H35NS/c1-49(2)44-18-9-8-17-41(44)42-26-21-36(30-45(42)49)35-14-10-15-38(29-35)50(37-23-19-33(20-24-37)32-11-4-3-5-12-32)39-25-28-46-43(31-39)48-40-16-7-6-13-34(40)22-27-47(48)51-46/h3-31H,1-2H3. The lowest BCUT2D eigenvalue weighted by Gasteiger charge is -2.26. The van der Waals surface area contributed by atoms with Gasteiger partial charge >= 0.3 is 0 Å². The van der Waals surface area contributed by atoms with Crippen molar-refractivity contribution in [1.29, 1.82) is 0 Å². The average molecular weight is 670 g/mol. The molecule has 9 aromatic rings. The summed E-state index contributed by atoms with van der Waals surface area (Å²) in [7, 11) is 0. The van der Waals surface area contributed by atoms with Crippen LogP contribution in [0.3, 0.4) is 0 Å². The topological polar surface area (TPSA) is 3.24 Å². The summed E-state index contributed by atoms with van der Waals surface area (Å²) in [5.41, 5.74) is 13.7. The van der Waals surface area contributed by atoms with Gasteiger partial charge in [-0.1, -0.05) is 135 Å². The van der Waals surface area contributed by atoms with Crippen LogP contribution in [0.1, 0.15) is 25.0 Å². The number of benzene rings is 8. The number of fused-ring (bicyclic) bond motifs is 8. The molecule has 0 saturated carbocycles. The lowest BCUT2D eigenvalue weighted by Crippen LogP contribution is -2.14. The second-order valence-corrected chi connectivity index (χ2v) is 15.3. The van der Waals surface area contributed by atoms with Gasteiger partial charge in [-0.2, -0.15) is 0 Å². The molecule has 1 aliphatic rings. The minimum atomic E-state index is -0.0467. The number of anilines is 3. The predicted octanol–water partition coefficient (Wildman–Crippen LogP) is 14.3. The SMILES string of the molecule is CC1(C)c2ccccc2-c2ccc(-c3cccc(N(c4ccc(-c5ccccc5)cc4)c4ccc5sc6ccc7ccccc7c6c5c4)c3)cc21. The molecule has 0 fully saturated rings. The molecular formula is C49H35NS. The molecule has 10 rings (SSSR count). The van der Waals surface area contributed by atoms with Crippen LogP contribution in [0.25, 0.3) is 64.3 Å². The monoisotopic (exact) mass is 669 g/mol. The molecule has 0 unspecified atom stereocenters. The summed E-state index contributed by atoms with van der Waals surface area (Å²) < 4.78 is 2.63. The van der Waals surface area contributed by atoms with Gasteiger partial charge in [0.2, 0.25) is 0 Å². The third-order valence-electron chi connectivity index (χ3n) is 10.9. The Balaban J connectivity index is 1.13. The Morgan fingerprint density at radius 2 is 1.06 bits per heavy atom. The summed E-state index contributed by atoms with van der Waals surface area (Å²) >= 11 is 1.87. The number of hydrogen-bond acceptors (Lipinski definition) is 2. The maximum Gasteiger partial charge on any atom is 0.0468 e. The van der Waals surface area contributed by atoms with E-state index in [1.807, 2.05) is 11.3 Å². The fraction of sp³-hybridized carbons (Fsp3) is 0.0612. The highest BCUT2D eigenvalue weighted by molar-refractivity contribution is 7.26. The van der Waals surface area contributed by atoms with Crippen molar-refractivity contribution >= 4 is 59.3 Å². The zero-order chi connectivity index (χ0) is 34.1. The van der Waals surface area contributed by atoms with Gasteiger partial charge in [0.15, 0.2) is 0 Å². The van der Waals surface area contributed by atoms with Crippen molar-refractivity contribution < 1.29 is 0 Å². The first-order chi connectivity index (χ1) is 25.0. The van der Waals surface area contributed by atoms with Crippen molar-refractivity contribution in [3.8, 4) is 33.4 Å². The summed E-state index contributed by atoms with van der Waals surface area (Å²) in [6.45, 7) is 4.71. The molecule has 8 aromatic carbocycles. The molecule has 242 valence electrons. The van der Waals surface area contributed by atoms with Gasteiger partial charge in [0.25, 0.3) is 0 Å². The second-order valence-electron chi connectivity index (χ2n) is 14.2. The maximum atomic E-state index is 2.42. The fourth-order valence-corrected chi connectivity index (χ4v) is 9.37. The summed E-state index contributed by atoms with van der Waals surface area (Å²) in [4.78, 5) is 2.42. The van der Waals surface area contributed by atoms with Gasteiger partial charge in [0, 0.05) is 42.6 Å². The van der Waals surface area contributed by atoms with Crippen LogP contribution >= 0.6 is 11.3 Å². The van der Waals surface area contributed by atoms with Crippen LogP contribution in [-0.2, 0) is 5.41 Å². The van der Waals surface area contributed by atoms with Crippen molar-refractivity contribution in [1.82, 2.24) is 0 Å². The Morgan fingerprint density at radius 1 is 0.412 bits per heavy atom. The first-order valence-electron chi connectivity index (χ1n) is 17.7. The highest BCUT2D eigenvalue weighted by Gasteiger charge is 2.35. The normalized spacial score (nSPS) is 13.1. The Morgan fingerprint density at radius 3 is 1.94 bits per heavy atom. The predicted molar refractivity (Wildman–Crippen MR) is 220 cm³/mol. The van der Waals surface area contributed by atoms with Gasteiger partial charge < -0.3 is 4.90 Å². The summed E-state index contributed by atoms with van der Waals surface area (Å²) in [6.07, 6.45) is 0. The van der Waals surface area contributed by atoms with Crippen LogP contribution in [0.15, 0.2) is 176 Å². The van der Waals surface area contributed by atoms with E-state index < -0.39 is 0 Å². The molecular weight excluding hydrogens is 635 g/mol. The van der Waals surface area contributed by atoms with Crippen molar-refractivity contribution in [3.05, 3.63) is 187 Å². The van der Waals surface area contributed by atoms with Crippen molar-refractivity contribution in [3.63, 3.8) is 0 Å². The maximum absolute atomic E-state index is 2.42. The van der Waals surface area contributed by atoms with Gasteiger partial charge in [-0.25, -0.2) is 0 Å². The largest absolute Gasteiger partial charge is 0.310 e. The third kappa shape index (κ3) is 4.82. The molecule has 51 heavy (non-hydrogen) atoms. The Kier molecular flexibility index (Phi) is 6.78. The molecule has 1 aliphatic carbocycles. The number of hydrogen-bond donors (Lipinski definition) is 0. The summed E-state index contributed by atoms with van der Waals surface area (Å²) in [5.74, 6) is 0. The molecule has 0 spiro atoms. The first-order valence-corrected chi connectivity index (χ1v) is 18.5. The minimum absolute atomic E-state index is 0.0467. The Labute approximate surface area is 302 Å². The highest BCUT2D eigenvalue weighted by atomic mass is 32.1. The fourth-order valence-electron chi connectivity index (χ4n) is 8.26. The lowest BCUT2D eigenvalue weighted by molar-refractivity contribution is 0.660. The summed E-state index contributed by atoms with van der Waals surface area (Å²) in [5, 5.41) is 5.22. The molecule has 0 bridgehead atoms. The van der Waals surface area contributed by atoms with Gasteiger partial charge in [-0.05, 0) is 110 Å². The molecule has 0 radical (unpaired) electrons. The van der Waals surface area contributed by atoms with E-state index in [4.69, 9.17) is 0 Å². The van der Waals surface area contributed by atoms with E-state index >= 15 is 0 Å². The van der Waals surface area contributed by atoms with Crippen LogP contribution in [0.2, 0.25) is 0 Å². The van der Waals surface area contributed by atoms with Gasteiger partial charge in [0.1, 0.15) is 0 Å². The molecule has 0 N–H and O–H groups in total. The molecule has 0 aliphatic heterocycles. The van der Waals surface area contributed by atoms with Gasteiger partial charge in [-0.15, -0.1) is 11.3 Å². The third-order valence-corrected chi connectivity index (χ3v) is 12.0. The summed E-state index contributed by atoms with van der Waals surface area (Å²) in [6, 6.07) is 64.9. The highest BCUT2D eigenvalue weighted by Crippen LogP contribution is 2.50. The molecule has 1 nitrogen and oxygen atoms in total. The zero-order valence-corrected chi connectivity index (χ0v) is 29.4. The minimum Gasteiger partial charge on any atom is -0.310 e. The quantitative estimate of drug-likeness (QED) is 0.176. The molecule has 1 heterocycles. The van der Waals surface area contributed by atoms with E-state index in [-0.39, 0.29) is 5.41 Å². The van der Waals surface area contributed by atoms with E-state index in [0.717, 1.165) is 17.1 Å². The van der Waals surface area contributed by atoms with Crippen LogP contribution in [0.5, 0.6) is 0 Å². The van der Waals surface area contributed by atoms with Crippen molar-refractivity contribution in [2.24, 2.45) is 0 Å². The first kappa shape index (κ1) is 29.9. The van der Waals surface area contributed by atoms with E-state index in [9.17, 15) is 0 Å². The van der Waals surface area contributed by atoms with Gasteiger partial charge in [-0.3, -0.25) is 0 Å². The second kappa shape index (κ2) is 11.6. The van der Waals surface area contributed by atoms with Crippen molar-refractivity contribution in [2.45, 2.75) is 19.3 Å². The number of nitrogens with zero attached hydrogens (tertiary/aromatic N) is 1. The average Bonchev–Trinajstić information content (AvgIpc) is 3.67. The van der Waals surface area contributed by atoms with Crippen LogP contribution in [0, 0.1) is 0 Å². The van der Waals surface area contributed by atoms with E-state index in [1.165, 1.54) is 75.5 Å². The van der Waals surface area contributed by atoms with Gasteiger partial charge in [0.05, 0.1) is 0 Å². The molecule has 0 amide bonds. The Bertz CT molecular complexity index is 2770. The van der Waals surface area contributed by atoms with Crippen LogP contribution in [0.4, 0.5) is 17.1 Å². The molecule has 2 heteroatoms. The van der Waals surface area contributed by atoms with Crippen LogP contribution in [-0.4, -0.2) is 0 Å². The smallest absolute Gasteiger partial charge is 0.0468 e. The van der Waals surface area contributed by atoms with E-state index in [2.05, 4.69) is 195 Å². The zero-order valence-electron chi connectivity index (χ0n) is 28.6. The lowest BCUT2D eigenvalue weighted by atomic mass is 9.81. The molecule has 0 saturated heterocycles. The van der Waals surface area contributed by atoms with E-state index in [0.29, 0.717) is 0 Å². The number of thiophene rings is 1. The van der Waals surface area contributed by atoms with E-state index in [1.54, 1.807) is 0 Å². The number of rotatable bonds is 5. The van der Waals surface area contributed by atoms with Crippen LogP contribution < -0.4 is 4.90 Å².